The number of hydrogen-bond donors (Lipinski definition) is 0. The summed E-state index contributed by atoms with van der Waals surface area (Å²) < 4.78 is 183. The lowest BCUT2D eigenvalue weighted by Gasteiger charge is -2.19. The van der Waals surface area contributed by atoms with E-state index in [9.17, 15) is 0 Å². The molecule has 118 heavy (non-hydrogen) atoms. The number of fused-ring (bicyclic) bond motifs is 12. The lowest BCUT2D eigenvalue weighted by atomic mass is 9.86. The molecule has 12 nitrogen and oxygen atoms in total. The van der Waals surface area contributed by atoms with Gasteiger partial charge in [-0.1, -0.05) is 173 Å². The van der Waals surface area contributed by atoms with E-state index in [0.29, 0.717) is 74.6 Å². The number of aromatic nitrogens is 8. The molecule has 0 aliphatic heterocycles. The molecule has 0 fully saturated rings. The predicted octanol–water partition coefficient (Wildman–Crippen LogP) is 26.1. The van der Waals surface area contributed by atoms with E-state index in [1.165, 1.54) is 18.6 Å². The Bertz CT molecular complexity index is 7140. The zero-order chi connectivity index (χ0) is 101. The molecule has 0 atom stereocenters. The van der Waals surface area contributed by atoms with Gasteiger partial charge in [-0.3, -0.25) is 0 Å². The lowest BCUT2D eigenvalue weighted by molar-refractivity contribution is -0.660. The molecule has 0 N–H and O–H groups in total. The van der Waals surface area contributed by atoms with Crippen LogP contribution < -0.4 is 18.3 Å². The van der Waals surface area contributed by atoms with Crippen molar-refractivity contribution in [3.8, 4) is 45.0 Å². The number of furan rings is 4. The number of benzene rings is 4. The van der Waals surface area contributed by atoms with Crippen molar-refractivity contribution in [2.45, 2.75) is 230 Å². The molecule has 0 spiro atoms. The highest BCUT2D eigenvalue weighted by Gasteiger charge is 2.31. The highest BCUT2D eigenvalue weighted by Crippen LogP contribution is 2.44. The third-order valence-corrected chi connectivity index (χ3v) is 21.4. The van der Waals surface area contributed by atoms with Gasteiger partial charge in [-0.2, -0.15) is 0 Å². The van der Waals surface area contributed by atoms with Gasteiger partial charge in [0, 0.05) is 137 Å². The predicted molar refractivity (Wildman–Crippen MR) is 490 cm³/mol. The maximum Gasteiger partial charge on any atom is 0.227 e. The molecule has 0 saturated heterocycles. The average molecular weight is 1600 g/mol. The van der Waals surface area contributed by atoms with Crippen molar-refractivity contribution in [2.75, 3.05) is 0 Å². The fourth-order valence-electron chi connectivity index (χ4n) is 15.6. The normalized spacial score (nSPS) is 15.4. The minimum Gasteiger partial charge on any atom is -0.437 e. The van der Waals surface area contributed by atoms with E-state index in [0.717, 1.165) is 140 Å². The number of hydrogen-bond acceptors (Lipinski definition) is 8. The van der Waals surface area contributed by atoms with Crippen molar-refractivity contribution in [3.05, 3.63) is 236 Å². The molecule has 0 radical (unpaired) electrons. The van der Waals surface area contributed by atoms with E-state index in [1.54, 1.807) is 122 Å². The summed E-state index contributed by atoms with van der Waals surface area (Å²) in [6.45, 7) is 33.4. The zero-order valence-corrected chi connectivity index (χ0v) is 73.8. The number of aryl methyl sites for hydroxylation is 14. The number of nitrogens with zero attached hydrogens (tertiary/aromatic N) is 8. The van der Waals surface area contributed by atoms with Crippen LogP contribution in [-0.4, -0.2) is 19.9 Å². The van der Waals surface area contributed by atoms with E-state index in [1.807, 2.05) is 125 Å². The Morgan fingerprint density at radius 2 is 0.568 bits per heavy atom. The van der Waals surface area contributed by atoms with E-state index < -0.39 is 62.8 Å². The minimum atomic E-state index is -2.46. The summed E-state index contributed by atoms with van der Waals surface area (Å²) in [6, 6.07) is 39.6. The Morgan fingerprint density at radius 3 is 0.814 bits per heavy atom. The van der Waals surface area contributed by atoms with Crippen LogP contribution in [0, 0.1) is 76.8 Å². The average Bonchev–Trinajstić information content (AvgIpc) is 1.36. The Morgan fingerprint density at radius 1 is 0.322 bits per heavy atom. The molecule has 12 heterocycles. The number of pyridine rings is 8. The quantitative estimate of drug-likeness (QED) is 0.111. The standard InChI is InChI=1S/2C27H33N2O.2C26H31N2O/c2*1-16(2)22-12-11-21-20-10-9-17(3)24(25(20)30-26(21)28-22)23-13-19(14-27(5,6)7)18(4)15-29(23)8;2*1-8-19-10-12-21-20-11-9-16(2)23(24(20)29-25(21)27-19)22-13-18(14-26(4,5)6)17(3)15-28(22)7/h2*9-13,15-16H,14H2,1-8H3;2*9-13,15H,8,14H2,1-7H3/q4*+1/i4D3,14D2;4D3;2*3D3,14D2. The smallest absolute Gasteiger partial charge is 0.227 e. The molecule has 0 aliphatic rings. The maximum absolute atomic E-state index is 8.91. The second-order valence-corrected chi connectivity index (χ2v) is 36.8. The molecule has 16 aromatic rings. The van der Waals surface area contributed by atoms with Gasteiger partial charge in [0.1, 0.15) is 28.2 Å². The second kappa shape index (κ2) is 32.9. The molecule has 0 saturated carbocycles. The first-order chi connectivity index (χ1) is 62.6. The van der Waals surface area contributed by atoms with Crippen LogP contribution in [-0.2, 0) is 66.6 Å². The van der Waals surface area contributed by atoms with Gasteiger partial charge in [-0.25, -0.2) is 38.2 Å². The van der Waals surface area contributed by atoms with Gasteiger partial charge in [-0.05, 0) is 220 Å². The molecule has 12 aromatic heterocycles. The highest BCUT2D eigenvalue weighted by molar-refractivity contribution is 6.12. The Labute approximate surface area is 726 Å². The second-order valence-electron chi connectivity index (χ2n) is 36.8. The number of rotatable bonds is 12. The Hall–Kier alpha value is -10.7. The third-order valence-electron chi connectivity index (χ3n) is 21.4. The summed E-state index contributed by atoms with van der Waals surface area (Å²) in [4.78, 5) is 18.8. The zero-order valence-electron chi connectivity index (χ0n) is 91.8. The van der Waals surface area contributed by atoms with Crippen LogP contribution in [0.1, 0.15) is 251 Å². The summed E-state index contributed by atoms with van der Waals surface area (Å²) in [5, 5.41) is 7.53. The van der Waals surface area contributed by atoms with Crippen LogP contribution in [0.4, 0.5) is 0 Å². The van der Waals surface area contributed by atoms with Crippen molar-refractivity contribution in [1.29, 1.82) is 0 Å². The summed E-state index contributed by atoms with van der Waals surface area (Å²) in [7, 11) is 7.27. The van der Waals surface area contributed by atoms with E-state index in [-0.39, 0.29) is 44.7 Å². The van der Waals surface area contributed by atoms with E-state index >= 15 is 0 Å². The van der Waals surface area contributed by atoms with Crippen LogP contribution in [0.2, 0.25) is 0 Å². The van der Waals surface area contributed by atoms with Gasteiger partial charge < -0.3 is 17.7 Å². The van der Waals surface area contributed by atoms with Crippen LogP contribution in [0.5, 0.6) is 0 Å². The van der Waals surface area contributed by atoms with Crippen molar-refractivity contribution in [3.63, 3.8) is 0 Å². The van der Waals surface area contributed by atoms with Crippen molar-refractivity contribution >= 4 is 88.3 Å². The Balaban J connectivity index is 0.000000153. The first-order valence-electron chi connectivity index (χ1n) is 50.1. The molecule has 12 heteroatoms. The van der Waals surface area contributed by atoms with E-state index in [4.69, 9.17) is 52.3 Å². The largest absolute Gasteiger partial charge is 0.437 e. The topological polar surface area (TPSA) is 120 Å². The molecule has 612 valence electrons. The molecule has 0 aliphatic carbocycles. The van der Waals surface area contributed by atoms with Crippen molar-refractivity contribution in [1.82, 2.24) is 19.9 Å². The fraction of sp³-hybridized carbons (Fsp3) is 0.396. The van der Waals surface area contributed by atoms with Crippen molar-refractivity contribution in [2.24, 2.45) is 49.9 Å². The Kier molecular flexibility index (Phi) is 17.9. The first-order valence-corrected chi connectivity index (χ1v) is 41.1. The molecule has 16 rings (SSSR count). The molecular formula is C106H128N8O4+4. The van der Waals surface area contributed by atoms with Crippen molar-refractivity contribution < 1.29 is 60.6 Å². The summed E-state index contributed by atoms with van der Waals surface area (Å²) >= 11 is 0. The van der Waals surface area contributed by atoms with Crippen LogP contribution in [0.3, 0.4) is 0 Å². The third kappa shape index (κ3) is 17.8. The molecule has 0 unspecified atom stereocenters. The summed E-state index contributed by atoms with van der Waals surface area (Å²) in [6.07, 6.45) is 3.00. The molecule has 0 amide bonds. The molecule has 4 aromatic carbocycles. The lowest BCUT2D eigenvalue weighted by Crippen LogP contribution is -2.32. The SMILES string of the molecule is [2H]C([2H])([2H])c1c[n+](C)c(-c2c(C)ccc3c2oc2nc(C(C)C)ccc23)cc1C([2H])([2H])C(C)(C)C.[2H]C([2H])([2H])c1c[n+](C)c(-c2c(C)ccc3c2oc2nc(C(C)C)ccc23)cc1CC(C)(C)C.[2H]C([2H])([2H])c1c[n+](C)c(-c2c(C)ccc3c2oc2nc(CC)ccc23)cc1C([2H])([2H])C(C)(C)C.[2H]C([2H])([2H])c1c[n+](C)c(-c2c(C)ccc3c2oc2nc(CC)ccc23)cc1C([2H])([2H])C(C)(C)C. The van der Waals surface area contributed by atoms with Gasteiger partial charge in [0.2, 0.25) is 45.6 Å². The van der Waals surface area contributed by atoms with Gasteiger partial charge in [-0.15, -0.1) is 0 Å². The summed E-state index contributed by atoms with van der Waals surface area (Å²) in [5.41, 5.74) is 18.6. The monoisotopic (exact) mass is 1600 g/mol. The fourth-order valence-corrected chi connectivity index (χ4v) is 15.6. The van der Waals surface area contributed by atoms with Gasteiger partial charge in [0.15, 0.2) is 47.1 Å². The van der Waals surface area contributed by atoms with Crippen LogP contribution >= 0.6 is 0 Å². The minimum absolute atomic E-state index is 0.0151. The summed E-state index contributed by atoms with van der Waals surface area (Å²) in [5.74, 6) is 0.579. The molecule has 0 bridgehead atoms. The highest BCUT2D eigenvalue weighted by atomic mass is 16.4. The van der Waals surface area contributed by atoms with Crippen LogP contribution in [0.15, 0.2) is 164 Å². The maximum atomic E-state index is 8.91. The van der Waals surface area contributed by atoms with Crippen LogP contribution in [0.25, 0.3) is 133 Å². The first kappa shape index (κ1) is 64.3. The van der Waals surface area contributed by atoms with Gasteiger partial charge in [0.05, 0.1) is 22.3 Å². The van der Waals surface area contributed by atoms with Gasteiger partial charge in [0.25, 0.3) is 0 Å². The van der Waals surface area contributed by atoms with Gasteiger partial charge >= 0.3 is 0 Å². The molecular weight excluding hydrogens is 1450 g/mol. The van der Waals surface area contributed by atoms with E-state index in [2.05, 4.69) is 89.6 Å².